The van der Waals surface area contributed by atoms with Gasteiger partial charge in [0.05, 0.1) is 0 Å². The third-order valence-electron chi connectivity index (χ3n) is 1.74. The van der Waals surface area contributed by atoms with E-state index in [9.17, 15) is 0 Å². The van der Waals surface area contributed by atoms with E-state index in [2.05, 4.69) is 43.2 Å². The van der Waals surface area contributed by atoms with Gasteiger partial charge in [-0.05, 0) is 27.7 Å². The van der Waals surface area contributed by atoms with Gasteiger partial charge >= 0.3 is 0 Å². The second-order valence-electron chi connectivity index (χ2n) is 4.73. The van der Waals surface area contributed by atoms with Crippen molar-refractivity contribution in [2.45, 2.75) is 52.6 Å². The average molecular weight is 197 g/mol. The predicted molar refractivity (Wildman–Crippen MR) is 55.1 cm³/mol. The van der Waals surface area contributed by atoms with Crippen LogP contribution in [0.5, 0.6) is 0 Å². The van der Waals surface area contributed by atoms with Crippen LogP contribution in [0.4, 0.5) is 0 Å². The zero-order valence-corrected chi connectivity index (χ0v) is 9.59. The van der Waals surface area contributed by atoms with E-state index in [-0.39, 0.29) is 5.54 Å². The maximum Gasteiger partial charge on any atom is 0.223 e. The summed E-state index contributed by atoms with van der Waals surface area (Å²) in [6.07, 6.45) is 0.800. The summed E-state index contributed by atoms with van der Waals surface area (Å²) in [5.74, 6) is 1.40. The van der Waals surface area contributed by atoms with Gasteiger partial charge in [0.2, 0.25) is 5.89 Å². The van der Waals surface area contributed by atoms with Crippen LogP contribution in [0.1, 0.15) is 39.4 Å². The van der Waals surface area contributed by atoms with Crippen molar-refractivity contribution in [1.82, 2.24) is 15.5 Å². The molecule has 1 aromatic rings. The molecule has 0 radical (unpaired) electrons. The van der Waals surface area contributed by atoms with Crippen LogP contribution in [0.25, 0.3) is 0 Å². The first-order valence-corrected chi connectivity index (χ1v) is 4.94. The van der Waals surface area contributed by atoms with Crippen LogP contribution in [-0.4, -0.2) is 21.7 Å². The lowest BCUT2D eigenvalue weighted by Gasteiger charge is -2.25. The molecular formula is C10H19N3O. The summed E-state index contributed by atoms with van der Waals surface area (Å²) in [5.41, 5.74) is 0.123. The maximum atomic E-state index is 4.91. The first-order valence-electron chi connectivity index (χ1n) is 4.94. The van der Waals surface area contributed by atoms with E-state index < -0.39 is 0 Å². The third-order valence-corrected chi connectivity index (χ3v) is 1.74. The number of nitrogens with zero attached hydrogens (tertiary/aromatic N) is 2. The fourth-order valence-corrected chi connectivity index (χ4v) is 1.49. The molecule has 1 rings (SSSR count). The molecule has 1 atom stereocenters. The Balaban J connectivity index is 2.45. The summed E-state index contributed by atoms with van der Waals surface area (Å²) in [6.45, 7) is 10.4. The van der Waals surface area contributed by atoms with Gasteiger partial charge in [0.25, 0.3) is 0 Å². The molecule has 0 amide bonds. The van der Waals surface area contributed by atoms with Crippen LogP contribution >= 0.6 is 0 Å². The molecular weight excluding hydrogens is 178 g/mol. The highest BCUT2D eigenvalue weighted by Crippen LogP contribution is 2.05. The molecule has 0 unspecified atom stereocenters. The minimum atomic E-state index is 0.123. The SMILES string of the molecule is Cc1nc(C[C@H](C)NC(C)(C)C)no1. The molecule has 14 heavy (non-hydrogen) atoms. The Morgan fingerprint density at radius 3 is 2.50 bits per heavy atom. The Morgan fingerprint density at radius 2 is 2.07 bits per heavy atom. The van der Waals surface area contributed by atoms with Gasteiger partial charge in [0, 0.05) is 24.9 Å². The Kier molecular flexibility index (Phi) is 3.26. The Morgan fingerprint density at radius 1 is 1.43 bits per heavy atom. The molecule has 0 fully saturated rings. The number of nitrogens with one attached hydrogen (secondary N) is 1. The Hall–Kier alpha value is -0.900. The first kappa shape index (κ1) is 11.2. The van der Waals surface area contributed by atoms with Gasteiger partial charge in [-0.3, -0.25) is 0 Å². The molecule has 0 aromatic carbocycles. The molecule has 0 aliphatic heterocycles. The van der Waals surface area contributed by atoms with Crippen LogP contribution in [0.15, 0.2) is 4.52 Å². The van der Waals surface area contributed by atoms with E-state index >= 15 is 0 Å². The molecule has 0 aliphatic rings. The summed E-state index contributed by atoms with van der Waals surface area (Å²) >= 11 is 0. The number of hydrogen-bond acceptors (Lipinski definition) is 4. The van der Waals surface area contributed by atoms with E-state index in [4.69, 9.17) is 4.52 Å². The summed E-state index contributed by atoms with van der Waals surface area (Å²) in [5, 5.41) is 7.31. The van der Waals surface area contributed by atoms with Gasteiger partial charge in [-0.25, -0.2) is 0 Å². The maximum absolute atomic E-state index is 4.91. The third kappa shape index (κ3) is 3.87. The Labute approximate surface area is 85.1 Å². The molecule has 4 nitrogen and oxygen atoms in total. The zero-order valence-electron chi connectivity index (χ0n) is 9.59. The van der Waals surface area contributed by atoms with E-state index in [1.165, 1.54) is 0 Å². The van der Waals surface area contributed by atoms with E-state index in [0.717, 1.165) is 12.2 Å². The quantitative estimate of drug-likeness (QED) is 0.801. The van der Waals surface area contributed by atoms with Crippen molar-refractivity contribution in [2.24, 2.45) is 0 Å². The van der Waals surface area contributed by atoms with Crippen molar-refractivity contribution in [1.29, 1.82) is 0 Å². The number of aryl methyl sites for hydroxylation is 1. The van der Waals surface area contributed by atoms with Crippen LogP contribution in [-0.2, 0) is 6.42 Å². The molecule has 0 saturated heterocycles. The van der Waals surface area contributed by atoms with Crippen LogP contribution in [0, 0.1) is 6.92 Å². The van der Waals surface area contributed by atoms with Crippen LogP contribution in [0.2, 0.25) is 0 Å². The summed E-state index contributed by atoms with van der Waals surface area (Å²) in [4.78, 5) is 4.16. The summed E-state index contributed by atoms with van der Waals surface area (Å²) < 4.78 is 4.91. The average Bonchev–Trinajstić information content (AvgIpc) is 2.30. The van der Waals surface area contributed by atoms with Gasteiger partial charge < -0.3 is 9.84 Å². The lowest BCUT2D eigenvalue weighted by atomic mass is 10.1. The van der Waals surface area contributed by atoms with Crippen molar-refractivity contribution in [3.63, 3.8) is 0 Å². The number of hydrogen-bond donors (Lipinski definition) is 1. The summed E-state index contributed by atoms with van der Waals surface area (Å²) in [7, 11) is 0. The van der Waals surface area contributed by atoms with Crippen molar-refractivity contribution in [3.05, 3.63) is 11.7 Å². The molecule has 0 spiro atoms. The van der Waals surface area contributed by atoms with E-state index in [1.54, 1.807) is 6.92 Å². The van der Waals surface area contributed by atoms with E-state index in [0.29, 0.717) is 11.9 Å². The molecule has 1 heterocycles. The topological polar surface area (TPSA) is 51.0 Å². The lowest BCUT2D eigenvalue weighted by Crippen LogP contribution is -2.43. The lowest BCUT2D eigenvalue weighted by molar-refractivity contribution is 0.356. The van der Waals surface area contributed by atoms with Crippen LogP contribution < -0.4 is 5.32 Å². The minimum absolute atomic E-state index is 0.123. The molecule has 0 bridgehead atoms. The standard InChI is InChI=1S/C10H19N3O/c1-7(12-10(3,4)5)6-9-11-8(2)14-13-9/h7,12H,6H2,1-5H3/t7-/m0/s1. The van der Waals surface area contributed by atoms with Gasteiger partial charge in [0.15, 0.2) is 5.82 Å². The summed E-state index contributed by atoms with van der Waals surface area (Å²) in [6, 6.07) is 0.354. The van der Waals surface area contributed by atoms with Gasteiger partial charge in [-0.15, -0.1) is 0 Å². The normalized spacial score (nSPS) is 14.4. The monoisotopic (exact) mass is 197 g/mol. The first-order chi connectivity index (χ1) is 6.37. The zero-order chi connectivity index (χ0) is 10.8. The highest BCUT2D eigenvalue weighted by molar-refractivity contribution is 4.89. The van der Waals surface area contributed by atoms with Crippen LogP contribution in [0.3, 0.4) is 0 Å². The van der Waals surface area contributed by atoms with Crippen molar-refractivity contribution in [2.75, 3.05) is 0 Å². The number of rotatable bonds is 3. The number of aromatic nitrogens is 2. The molecule has 1 N–H and O–H groups in total. The molecule has 1 aromatic heterocycles. The second-order valence-corrected chi connectivity index (χ2v) is 4.73. The largest absolute Gasteiger partial charge is 0.340 e. The highest BCUT2D eigenvalue weighted by atomic mass is 16.5. The van der Waals surface area contributed by atoms with Gasteiger partial charge in [-0.2, -0.15) is 4.98 Å². The smallest absolute Gasteiger partial charge is 0.223 e. The molecule has 80 valence electrons. The van der Waals surface area contributed by atoms with Crippen molar-refractivity contribution in [3.8, 4) is 0 Å². The molecule has 4 heteroatoms. The molecule has 0 aliphatic carbocycles. The van der Waals surface area contributed by atoms with Crippen molar-refractivity contribution >= 4 is 0 Å². The second kappa shape index (κ2) is 4.09. The van der Waals surface area contributed by atoms with Gasteiger partial charge in [0.1, 0.15) is 0 Å². The minimum Gasteiger partial charge on any atom is -0.340 e. The Bertz CT molecular complexity index is 288. The van der Waals surface area contributed by atoms with Crippen molar-refractivity contribution < 1.29 is 4.52 Å². The highest BCUT2D eigenvalue weighted by Gasteiger charge is 2.15. The fourth-order valence-electron chi connectivity index (χ4n) is 1.49. The van der Waals surface area contributed by atoms with E-state index in [1.807, 2.05) is 0 Å². The predicted octanol–water partition coefficient (Wildman–Crippen LogP) is 1.70. The van der Waals surface area contributed by atoms with Gasteiger partial charge in [-0.1, -0.05) is 5.16 Å². The molecule has 0 saturated carbocycles. The fraction of sp³-hybridized carbons (Fsp3) is 0.800.